The predicted octanol–water partition coefficient (Wildman–Crippen LogP) is 2.11. The lowest BCUT2D eigenvalue weighted by atomic mass is 10.1. The van der Waals surface area contributed by atoms with Crippen LogP contribution in [0.2, 0.25) is 0 Å². The van der Waals surface area contributed by atoms with E-state index in [1.807, 2.05) is 19.9 Å². The van der Waals surface area contributed by atoms with Crippen LogP contribution in [0.4, 0.5) is 4.39 Å². The Kier molecular flexibility index (Phi) is 6.50. The molecule has 1 fully saturated rings. The van der Waals surface area contributed by atoms with E-state index in [4.69, 9.17) is 4.74 Å². The van der Waals surface area contributed by atoms with E-state index in [-0.39, 0.29) is 24.8 Å². The lowest BCUT2D eigenvalue weighted by molar-refractivity contribution is 0.0849. The van der Waals surface area contributed by atoms with Gasteiger partial charge in [0.1, 0.15) is 5.82 Å². The van der Waals surface area contributed by atoms with Crippen molar-refractivity contribution in [1.82, 2.24) is 19.7 Å². The maximum atomic E-state index is 14.3. The Morgan fingerprint density at radius 3 is 2.67 bits per heavy atom. The van der Waals surface area contributed by atoms with Gasteiger partial charge in [-0.25, -0.2) is 9.18 Å². The first kappa shape index (κ1) is 22.6. The Labute approximate surface area is 189 Å². The van der Waals surface area contributed by atoms with E-state index in [0.29, 0.717) is 12.3 Å². The Bertz CT molecular complexity index is 1310. The number of hydrogen-bond acceptors (Lipinski definition) is 5. The molecule has 0 bridgehead atoms. The average molecular weight is 452 g/mol. The number of halogens is 1. The van der Waals surface area contributed by atoms with E-state index < -0.39 is 28.7 Å². The molecule has 172 valence electrons. The minimum atomic E-state index is -0.881. The number of nitrogens with zero attached hydrogens (tertiary/aromatic N) is 3. The van der Waals surface area contributed by atoms with Gasteiger partial charge in [-0.05, 0) is 56.0 Å². The fourth-order valence-corrected chi connectivity index (χ4v) is 3.71. The Morgan fingerprint density at radius 1 is 1.18 bits per heavy atom. The zero-order valence-corrected chi connectivity index (χ0v) is 18.5. The molecule has 0 spiro atoms. The average Bonchev–Trinajstić information content (AvgIpc) is 3.32. The lowest BCUT2D eigenvalue weighted by Gasteiger charge is -2.14. The predicted molar refractivity (Wildman–Crippen MR) is 120 cm³/mol. The highest BCUT2D eigenvalue weighted by Gasteiger charge is 2.23. The molecular weight excluding hydrogens is 427 g/mol. The molecule has 2 heterocycles. The van der Waals surface area contributed by atoms with Crippen LogP contribution in [0, 0.1) is 19.7 Å². The number of nitrogens with one attached hydrogen (secondary N) is 1. The first-order valence-electron chi connectivity index (χ1n) is 10.8. The van der Waals surface area contributed by atoms with Crippen LogP contribution in [-0.2, 0) is 11.3 Å². The highest BCUT2D eigenvalue weighted by molar-refractivity contribution is 5.91. The van der Waals surface area contributed by atoms with Gasteiger partial charge in [-0.2, -0.15) is 9.78 Å². The number of aromatic nitrogens is 3. The summed E-state index contributed by atoms with van der Waals surface area (Å²) >= 11 is 0. The summed E-state index contributed by atoms with van der Waals surface area (Å²) in [5.41, 5.74) is 0.398. The number of benzene rings is 2. The topological polar surface area (TPSA) is 95.2 Å². The van der Waals surface area contributed by atoms with Gasteiger partial charge in [-0.15, -0.1) is 0 Å². The van der Waals surface area contributed by atoms with Crippen LogP contribution in [-0.4, -0.2) is 39.5 Å². The van der Waals surface area contributed by atoms with Gasteiger partial charge < -0.3 is 10.1 Å². The molecule has 1 aliphatic heterocycles. The standard InChI is InChI=1S/C24H25FN4O4/c1-15-9-10-18(12-16(15)2)29-24(32)28(14-17-6-3-4-8-20(17)25)23(31)21(27-29)22(30)26-13-19-7-5-11-33-19/h3-4,6,8-10,12,19H,5,7,11,13-14H2,1-2H3,(H,26,30). The molecule has 9 heteroatoms. The van der Waals surface area contributed by atoms with Crippen LogP contribution in [0.15, 0.2) is 52.1 Å². The van der Waals surface area contributed by atoms with E-state index in [1.165, 1.54) is 18.2 Å². The molecule has 0 saturated carbocycles. The summed E-state index contributed by atoms with van der Waals surface area (Å²) in [6.45, 7) is 4.35. The quantitative estimate of drug-likeness (QED) is 0.618. The maximum absolute atomic E-state index is 14.3. The molecule has 0 radical (unpaired) electrons. The molecule has 1 N–H and O–H groups in total. The molecule has 3 aromatic rings. The number of aryl methyl sites for hydroxylation is 2. The van der Waals surface area contributed by atoms with Crippen molar-refractivity contribution in [3.8, 4) is 5.69 Å². The van der Waals surface area contributed by atoms with Gasteiger partial charge in [0.15, 0.2) is 0 Å². The van der Waals surface area contributed by atoms with Crippen molar-refractivity contribution in [3.63, 3.8) is 0 Å². The van der Waals surface area contributed by atoms with Crippen molar-refractivity contribution >= 4 is 5.91 Å². The molecule has 0 aliphatic carbocycles. The van der Waals surface area contributed by atoms with Crippen molar-refractivity contribution < 1.29 is 13.9 Å². The summed E-state index contributed by atoms with van der Waals surface area (Å²) in [4.78, 5) is 39.2. The minimum absolute atomic E-state index is 0.125. The van der Waals surface area contributed by atoms with Crippen LogP contribution >= 0.6 is 0 Å². The van der Waals surface area contributed by atoms with Crippen molar-refractivity contribution in [3.05, 3.63) is 91.5 Å². The van der Waals surface area contributed by atoms with Gasteiger partial charge in [-0.1, -0.05) is 24.3 Å². The number of carbonyl (C=O) groups is 1. The van der Waals surface area contributed by atoms with E-state index in [2.05, 4.69) is 10.4 Å². The summed E-state index contributed by atoms with van der Waals surface area (Å²) in [5.74, 6) is -1.27. The summed E-state index contributed by atoms with van der Waals surface area (Å²) in [6.07, 6.45) is 1.60. The molecule has 1 unspecified atom stereocenters. The fraction of sp³-hybridized carbons (Fsp3) is 0.333. The molecule has 1 aliphatic rings. The lowest BCUT2D eigenvalue weighted by Crippen LogP contribution is -2.46. The monoisotopic (exact) mass is 452 g/mol. The number of carbonyl (C=O) groups excluding carboxylic acids is 1. The van der Waals surface area contributed by atoms with Crippen molar-refractivity contribution in [1.29, 1.82) is 0 Å². The number of rotatable bonds is 6. The van der Waals surface area contributed by atoms with Crippen LogP contribution in [0.3, 0.4) is 0 Å². The van der Waals surface area contributed by atoms with Gasteiger partial charge >= 0.3 is 5.69 Å². The van der Waals surface area contributed by atoms with Gasteiger partial charge in [0.05, 0.1) is 18.3 Å². The third-order valence-electron chi connectivity index (χ3n) is 5.81. The molecular formula is C24H25FN4O4. The van der Waals surface area contributed by atoms with Crippen molar-refractivity contribution in [2.45, 2.75) is 39.3 Å². The Balaban J connectivity index is 1.80. The molecule has 8 nitrogen and oxygen atoms in total. The van der Waals surface area contributed by atoms with Crippen LogP contribution in [0.25, 0.3) is 5.69 Å². The maximum Gasteiger partial charge on any atom is 0.352 e. The summed E-state index contributed by atoms with van der Waals surface area (Å²) in [7, 11) is 0. The summed E-state index contributed by atoms with van der Waals surface area (Å²) in [5, 5.41) is 6.78. The van der Waals surface area contributed by atoms with Crippen molar-refractivity contribution in [2.75, 3.05) is 13.2 Å². The Hall–Kier alpha value is -3.59. The van der Waals surface area contributed by atoms with Crippen molar-refractivity contribution in [2.24, 2.45) is 0 Å². The third kappa shape index (κ3) is 4.78. The van der Waals surface area contributed by atoms with Crippen LogP contribution in [0.1, 0.15) is 40.0 Å². The third-order valence-corrected chi connectivity index (χ3v) is 5.81. The number of ether oxygens (including phenoxy) is 1. The number of amides is 1. The van der Waals surface area contributed by atoms with E-state index in [1.54, 1.807) is 18.2 Å². The SMILES string of the molecule is Cc1ccc(-n2nc(C(=O)NCC3CCCO3)c(=O)n(Cc3ccccc3F)c2=O)cc1C. The zero-order chi connectivity index (χ0) is 23.5. The largest absolute Gasteiger partial charge is 0.376 e. The van der Waals surface area contributed by atoms with E-state index in [0.717, 1.165) is 33.2 Å². The van der Waals surface area contributed by atoms with Gasteiger partial charge in [-0.3, -0.25) is 14.2 Å². The van der Waals surface area contributed by atoms with E-state index in [9.17, 15) is 18.8 Å². The first-order chi connectivity index (χ1) is 15.8. The normalized spacial score (nSPS) is 15.5. The molecule has 1 atom stereocenters. The Morgan fingerprint density at radius 2 is 1.97 bits per heavy atom. The molecule has 2 aromatic carbocycles. The second kappa shape index (κ2) is 9.50. The highest BCUT2D eigenvalue weighted by Crippen LogP contribution is 2.13. The van der Waals surface area contributed by atoms with Gasteiger partial charge in [0, 0.05) is 18.7 Å². The second-order valence-corrected chi connectivity index (χ2v) is 8.14. The minimum Gasteiger partial charge on any atom is -0.376 e. The van der Waals surface area contributed by atoms with Gasteiger partial charge in [0.2, 0.25) is 5.69 Å². The molecule has 1 saturated heterocycles. The second-order valence-electron chi connectivity index (χ2n) is 8.14. The zero-order valence-electron chi connectivity index (χ0n) is 18.5. The van der Waals surface area contributed by atoms with Crippen LogP contribution in [0.5, 0.6) is 0 Å². The highest BCUT2D eigenvalue weighted by atomic mass is 19.1. The molecule has 4 rings (SSSR count). The first-order valence-corrected chi connectivity index (χ1v) is 10.8. The molecule has 1 amide bonds. The van der Waals surface area contributed by atoms with E-state index >= 15 is 0 Å². The summed E-state index contributed by atoms with van der Waals surface area (Å²) in [6, 6.07) is 11.1. The smallest absolute Gasteiger partial charge is 0.352 e. The van der Waals surface area contributed by atoms with Crippen LogP contribution < -0.4 is 16.6 Å². The number of hydrogen-bond donors (Lipinski definition) is 1. The summed E-state index contributed by atoms with van der Waals surface area (Å²) < 4.78 is 21.6. The molecule has 1 aromatic heterocycles. The molecule has 33 heavy (non-hydrogen) atoms. The fourth-order valence-electron chi connectivity index (χ4n) is 3.71. The van der Waals surface area contributed by atoms with Gasteiger partial charge in [0.25, 0.3) is 11.5 Å².